The predicted molar refractivity (Wildman–Crippen MR) is 216 cm³/mol. The molecule has 1 spiro atoms. The van der Waals surface area contributed by atoms with Gasteiger partial charge in [-0.1, -0.05) is 30.3 Å². The standard InChI is InChI=1S/C47H46FN5O6/c48-33-6-1-28(2-7-33)36-11-5-30-21-35(54)10-12-37(30)43(36)29-3-8-34(9-4-29)51-20-17-47(27-51)15-18-50(19-16-47)26-42(56)52-24-31-22-38-39(23-32(31)25-52)46(59)53(45(38)58)40-13-14-41(55)49-44(40)57/h1-4,6-10,12,21-23,36,40,43,54H,5,11,13-20,24-27H2,(H,49,55,57)/t36-,40-,43+/m1/s1. The maximum atomic E-state index is 13.9. The number of amides is 5. The molecule has 6 aliphatic rings. The molecule has 3 saturated heterocycles. The fourth-order valence-corrected chi connectivity index (χ4v) is 10.8. The van der Waals surface area contributed by atoms with Gasteiger partial charge >= 0.3 is 0 Å². The van der Waals surface area contributed by atoms with E-state index in [9.17, 15) is 33.5 Å². The molecule has 5 amide bonds. The third kappa shape index (κ3) is 6.67. The van der Waals surface area contributed by atoms with Crippen molar-refractivity contribution >= 4 is 35.2 Å². The van der Waals surface area contributed by atoms with Crippen LogP contribution in [0.2, 0.25) is 0 Å². The maximum Gasteiger partial charge on any atom is 0.262 e. The van der Waals surface area contributed by atoms with E-state index in [1.54, 1.807) is 35.2 Å². The zero-order valence-corrected chi connectivity index (χ0v) is 32.8. The van der Waals surface area contributed by atoms with E-state index >= 15 is 0 Å². The van der Waals surface area contributed by atoms with Crippen molar-refractivity contribution < 1.29 is 33.5 Å². The number of likely N-dealkylation sites (tertiary alicyclic amines) is 1. The molecule has 0 saturated carbocycles. The third-order valence-electron chi connectivity index (χ3n) is 14.1. The van der Waals surface area contributed by atoms with Crippen LogP contribution in [-0.4, -0.2) is 88.1 Å². The van der Waals surface area contributed by atoms with Gasteiger partial charge in [0.05, 0.1) is 17.7 Å². The SMILES string of the molecule is O=C1CC[C@@H](N2C(=O)c3cc4c(cc3C2=O)CN(C(=O)CN2CCC3(CC2)CCN(c2ccc([C@@H]5c6ccc(O)cc6CC[C@@H]5c5ccc(F)cc5)cc2)C3)C4)C(=O)N1. The fraction of sp³-hybridized carbons (Fsp3) is 0.383. The highest BCUT2D eigenvalue weighted by molar-refractivity contribution is 6.23. The Hall–Kier alpha value is -5.88. The minimum atomic E-state index is -1.01. The van der Waals surface area contributed by atoms with E-state index in [4.69, 9.17) is 0 Å². The molecule has 0 aromatic heterocycles. The van der Waals surface area contributed by atoms with Gasteiger partial charge in [-0.2, -0.15) is 0 Å². The Kier molecular flexibility index (Phi) is 9.15. The van der Waals surface area contributed by atoms with Crippen LogP contribution in [0.1, 0.15) is 104 Å². The van der Waals surface area contributed by atoms with Gasteiger partial charge < -0.3 is 14.9 Å². The van der Waals surface area contributed by atoms with Crippen LogP contribution in [0.3, 0.4) is 0 Å². The lowest BCUT2D eigenvalue weighted by Crippen LogP contribution is -2.54. The van der Waals surface area contributed by atoms with Gasteiger partial charge in [0.15, 0.2) is 0 Å². The molecular weight excluding hydrogens is 750 g/mol. The molecule has 5 aliphatic heterocycles. The van der Waals surface area contributed by atoms with Gasteiger partial charge in [0.25, 0.3) is 11.8 Å². The summed E-state index contributed by atoms with van der Waals surface area (Å²) >= 11 is 0. The van der Waals surface area contributed by atoms with Crippen molar-refractivity contribution in [2.75, 3.05) is 37.6 Å². The van der Waals surface area contributed by atoms with E-state index in [2.05, 4.69) is 39.4 Å². The zero-order valence-electron chi connectivity index (χ0n) is 32.8. The molecule has 11 nitrogen and oxygen atoms in total. The first-order chi connectivity index (χ1) is 28.5. The molecule has 3 fully saturated rings. The number of nitrogens with one attached hydrogen (secondary N) is 1. The van der Waals surface area contributed by atoms with Crippen molar-refractivity contribution in [2.45, 2.75) is 75.9 Å². The molecule has 0 radical (unpaired) electrons. The Labute approximate surface area is 341 Å². The number of aromatic hydroxyl groups is 1. The molecule has 2 N–H and O–H groups in total. The molecular formula is C47H46FN5O6. The molecule has 302 valence electrons. The third-order valence-corrected chi connectivity index (χ3v) is 14.1. The summed E-state index contributed by atoms with van der Waals surface area (Å²) in [7, 11) is 0. The monoisotopic (exact) mass is 795 g/mol. The Bertz CT molecular complexity index is 2360. The van der Waals surface area contributed by atoms with Crippen LogP contribution >= 0.6 is 0 Å². The maximum absolute atomic E-state index is 13.9. The summed E-state index contributed by atoms with van der Waals surface area (Å²) in [6.45, 7) is 4.67. The van der Waals surface area contributed by atoms with Gasteiger partial charge in [-0.3, -0.25) is 39.1 Å². The second kappa shape index (κ2) is 14.4. The molecule has 10 rings (SSSR count). The average molecular weight is 796 g/mol. The van der Waals surface area contributed by atoms with Crippen LogP contribution in [0.4, 0.5) is 10.1 Å². The Morgan fingerprint density at radius 2 is 1.42 bits per heavy atom. The van der Waals surface area contributed by atoms with E-state index in [0.717, 1.165) is 85.4 Å². The lowest BCUT2D eigenvalue weighted by molar-refractivity contribution is -0.136. The van der Waals surface area contributed by atoms with Gasteiger partial charge in [-0.15, -0.1) is 0 Å². The number of piperidine rings is 2. The number of carbonyl (C=O) groups excluding carboxylic acids is 5. The van der Waals surface area contributed by atoms with Crippen LogP contribution in [0, 0.1) is 11.2 Å². The van der Waals surface area contributed by atoms with Crippen LogP contribution in [0.5, 0.6) is 5.75 Å². The van der Waals surface area contributed by atoms with Crippen molar-refractivity contribution in [3.8, 4) is 5.75 Å². The second-order valence-electron chi connectivity index (χ2n) is 17.5. The van der Waals surface area contributed by atoms with Crippen molar-refractivity contribution in [3.63, 3.8) is 0 Å². The number of phenols is 1. The summed E-state index contributed by atoms with van der Waals surface area (Å²) in [6.07, 6.45) is 5.08. The number of hydrogen-bond acceptors (Lipinski definition) is 8. The first-order valence-electron chi connectivity index (χ1n) is 20.8. The summed E-state index contributed by atoms with van der Waals surface area (Å²) in [5, 5.41) is 12.5. The normalized spacial score (nSPS) is 23.7. The van der Waals surface area contributed by atoms with E-state index in [1.807, 2.05) is 24.3 Å². The molecule has 3 atom stereocenters. The Morgan fingerprint density at radius 1 is 0.763 bits per heavy atom. The number of hydrogen-bond donors (Lipinski definition) is 2. The van der Waals surface area contributed by atoms with Gasteiger partial charge in [0.2, 0.25) is 17.7 Å². The zero-order chi connectivity index (χ0) is 40.6. The van der Waals surface area contributed by atoms with Crippen LogP contribution < -0.4 is 10.2 Å². The largest absolute Gasteiger partial charge is 0.508 e. The van der Waals surface area contributed by atoms with Crippen molar-refractivity contribution in [3.05, 3.63) is 129 Å². The first kappa shape index (κ1) is 37.4. The number of benzene rings is 4. The lowest BCUT2D eigenvalue weighted by atomic mass is 9.69. The smallest absolute Gasteiger partial charge is 0.262 e. The fourth-order valence-electron chi connectivity index (χ4n) is 10.8. The minimum absolute atomic E-state index is 0.0207. The summed E-state index contributed by atoms with van der Waals surface area (Å²) in [6, 6.07) is 23.9. The number of halogens is 1. The van der Waals surface area contributed by atoms with Crippen molar-refractivity contribution in [1.29, 1.82) is 0 Å². The van der Waals surface area contributed by atoms with Crippen molar-refractivity contribution in [1.82, 2.24) is 20.0 Å². The highest BCUT2D eigenvalue weighted by Crippen LogP contribution is 2.48. The Balaban J connectivity index is 0.753. The average Bonchev–Trinajstić information content (AvgIpc) is 3.92. The summed E-state index contributed by atoms with van der Waals surface area (Å²) in [5.74, 6) is -1.77. The molecule has 0 bridgehead atoms. The van der Waals surface area contributed by atoms with Crippen molar-refractivity contribution in [2.24, 2.45) is 5.41 Å². The van der Waals surface area contributed by atoms with Gasteiger partial charge in [0, 0.05) is 44.2 Å². The van der Waals surface area contributed by atoms with Crippen LogP contribution in [-0.2, 0) is 33.9 Å². The molecule has 0 unspecified atom stereocenters. The molecule has 59 heavy (non-hydrogen) atoms. The second-order valence-corrected chi connectivity index (χ2v) is 17.5. The predicted octanol–water partition coefficient (Wildman–Crippen LogP) is 5.63. The topological polar surface area (TPSA) is 131 Å². The quantitative estimate of drug-likeness (QED) is 0.241. The number of anilines is 1. The Morgan fingerprint density at radius 3 is 2.10 bits per heavy atom. The van der Waals surface area contributed by atoms with Crippen LogP contribution in [0.15, 0.2) is 78.9 Å². The summed E-state index contributed by atoms with van der Waals surface area (Å²) in [5.41, 5.74) is 8.25. The highest BCUT2D eigenvalue weighted by Gasteiger charge is 2.46. The van der Waals surface area contributed by atoms with E-state index in [-0.39, 0.29) is 58.7 Å². The number of fused-ring (bicyclic) bond motifs is 3. The molecule has 4 aromatic carbocycles. The summed E-state index contributed by atoms with van der Waals surface area (Å²) in [4.78, 5) is 71.9. The van der Waals surface area contributed by atoms with Gasteiger partial charge in [0.1, 0.15) is 17.6 Å². The molecule has 12 heteroatoms. The lowest BCUT2D eigenvalue weighted by Gasteiger charge is -2.39. The molecule has 4 aromatic rings. The molecule has 1 aliphatic carbocycles. The number of carbonyl (C=O) groups is 5. The van der Waals surface area contributed by atoms with Crippen LogP contribution in [0.25, 0.3) is 0 Å². The molecule has 5 heterocycles. The number of imide groups is 2. The number of rotatable bonds is 6. The van der Waals surface area contributed by atoms with Gasteiger partial charge in [-0.25, -0.2) is 4.39 Å². The van der Waals surface area contributed by atoms with Gasteiger partial charge in [-0.05, 0) is 145 Å². The summed E-state index contributed by atoms with van der Waals surface area (Å²) < 4.78 is 13.9. The minimum Gasteiger partial charge on any atom is -0.508 e. The highest BCUT2D eigenvalue weighted by atomic mass is 19.1. The number of aryl methyl sites for hydroxylation is 1. The van der Waals surface area contributed by atoms with E-state index in [0.29, 0.717) is 19.6 Å². The first-order valence-corrected chi connectivity index (χ1v) is 20.8. The number of phenolic OH excluding ortho intramolecular Hbond substituents is 1. The van der Waals surface area contributed by atoms with E-state index < -0.39 is 29.7 Å². The van der Waals surface area contributed by atoms with E-state index in [1.165, 1.54) is 16.8 Å². The number of nitrogens with zero attached hydrogens (tertiary/aromatic N) is 4.